The summed E-state index contributed by atoms with van der Waals surface area (Å²) in [5, 5.41) is 0. The summed E-state index contributed by atoms with van der Waals surface area (Å²) in [5.74, 6) is 0. The third-order valence-electron chi connectivity index (χ3n) is 3.09. The van der Waals surface area contributed by atoms with E-state index in [-0.39, 0.29) is 0 Å². The summed E-state index contributed by atoms with van der Waals surface area (Å²) in [6.07, 6.45) is 2.65. The van der Waals surface area contributed by atoms with Crippen molar-refractivity contribution in [3.8, 4) is 0 Å². The maximum absolute atomic E-state index is 2.50. The van der Waals surface area contributed by atoms with Gasteiger partial charge in [0, 0.05) is 13.1 Å². The Labute approximate surface area is 102 Å². The molecule has 0 amide bonds. The summed E-state index contributed by atoms with van der Waals surface area (Å²) in [6, 6.07) is 0. The van der Waals surface area contributed by atoms with Gasteiger partial charge in [0.1, 0.15) is 0 Å². The Balaban J connectivity index is 3.36. The van der Waals surface area contributed by atoms with Gasteiger partial charge in [-0.25, -0.2) is 0 Å². The van der Waals surface area contributed by atoms with E-state index in [1.165, 1.54) is 45.6 Å². The first-order valence-corrected chi connectivity index (χ1v) is 6.65. The molecule has 0 saturated carbocycles. The lowest BCUT2D eigenvalue weighted by Gasteiger charge is -2.21. The van der Waals surface area contributed by atoms with Crippen molar-refractivity contribution < 1.29 is 0 Å². The molecule has 0 radical (unpaired) electrons. The number of rotatable bonds is 10. The Morgan fingerprint density at radius 1 is 0.688 bits per heavy atom. The van der Waals surface area contributed by atoms with Crippen LogP contribution in [0.5, 0.6) is 0 Å². The number of hydrogen-bond donors (Lipinski definition) is 0. The molecule has 0 heterocycles. The highest BCUT2D eigenvalue weighted by Crippen LogP contribution is 1.97. The van der Waals surface area contributed by atoms with Crippen LogP contribution in [0.2, 0.25) is 0 Å². The van der Waals surface area contributed by atoms with Crippen LogP contribution in [-0.2, 0) is 0 Å². The zero-order valence-electron chi connectivity index (χ0n) is 12.0. The average Bonchev–Trinajstić information content (AvgIpc) is 2.26. The number of unbranched alkanes of at least 4 members (excludes halogenated alkanes) is 1. The molecule has 0 aliphatic rings. The zero-order valence-corrected chi connectivity index (χ0v) is 12.0. The van der Waals surface area contributed by atoms with Crippen LogP contribution >= 0.6 is 0 Å². The molecule has 0 N–H and O–H groups in total. The van der Waals surface area contributed by atoms with Crippen molar-refractivity contribution >= 4 is 0 Å². The van der Waals surface area contributed by atoms with Crippen molar-refractivity contribution in [2.24, 2.45) is 0 Å². The van der Waals surface area contributed by atoms with E-state index in [2.05, 4.69) is 49.7 Å². The van der Waals surface area contributed by atoms with Crippen LogP contribution in [0.4, 0.5) is 0 Å². The predicted molar refractivity (Wildman–Crippen MR) is 73.1 cm³/mol. The van der Waals surface area contributed by atoms with Crippen LogP contribution in [-0.4, -0.2) is 75.1 Å². The van der Waals surface area contributed by atoms with E-state index in [9.17, 15) is 0 Å². The molecular weight excluding hydrogens is 198 g/mol. The highest BCUT2D eigenvalue weighted by Gasteiger charge is 2.01. The van der Waals surface area contributed by atoms with Gasteiger partial charge in [-0.1, -0.05) is 13.8 Å². The van der Waals surface area contributed by atoms with Gasteiger partial charge >= 0.3 is 0 Å². The molecule has 0 fully saturated rings. The van der Waals surface area contributed by atoms with E-state index in [4.69, 9.17) is 0 Å². The van der Waals surface area contributed by atoms with Crippen molar-refractivity contribution in [1.29, 1.82) is 0 Å². The molecule has 98 valence electrons. The van der Waals surface area contributed by atoms with Crippen LogP contribution in [0.3, 0.4) is 0 Å². The Morgan fingerprint density at radius 3 is 1.75 bits per heavy atom. The average molecular weight is 229 g/mol. The quantitative estimate of drug-likeness (QED) is 0.527. The minimum atomic E-state index is 1.16. The number of hydrogen-bond acceptors (Lipinski definition) is 3. The van der Waals surface area contributed by atoms with Crippen LogP contribution in [0.15, 0.2) is 0 Å². The second kappa shape index (κ2) is 10.1. The Kier molecular flexibility index (Phi) is 9.99. The first-order valence-electron chi connectivity index (χ1n) is 6.65. The highest BCUT2D eigenvalue weighted by molar-refractivity contribution is 4.57. The molecule has 16 heavy (non-hydrogen) atoms. The van der Waals surface area contributed by atoms with Gasteiger partial charge < -0.3 is 14.7 Å². The molecule has 0 atom stereocenters. The van der Waals surface area contributed by atoms with Crippen molar-refractivity contribution in [3.05, 3.63) is 0 Å². The van der Waals surface area contributed by atoms with Gasteiger partial charge in [-0.15, -0.1) is 0 Å². The molecule has 0 saturated heterocycles. The summed E-state index contributed by atoms with van der Waals surface area (Å²) in [6.45, 7) is 11.7. The van der Waals surface area contributed by atoms with Gasteiger partial charge in [-0.2, -0.15) is 0 Å². The van der Waals surface area contributed by atoms with Gasteiger partial charge in [0.05, 0.1) is 0 Å². The Bertz CT molecular complexity index is 144. The maximum atomic E-state index is 2.50. The Morgan fingerprint density at radius 2 is 1.25 bits per heavy atom. The lowest BCUT2D eigenvalue weighted by Crippen LogP contribution is -2.30. The van der Waals surface area contributed by atoms with E-state index in [0.29, 0.717) is 0 Å². The van der Waals surface area contributed by atoms with Crippen LogP contribution in [0.1, 0.15) is 26.7 Å². The third-order valence-corrected chi connectivity index (χ3v) is 3.09. The first-order chi connectivity index (χ1) is 7.60. The Hall–Kier alpha value is -0.120. The second-order valence-electron chi connectivity index (χ2n) is 4.84. The van der Waals surface area contributed by atoms with Crippen molar-refractivity contribution in [2.75, 3.05) is 60.4 Å². The molecule has 0 aromatic carbocycles. The van der Waals surface area contributed by atoms with Gasteiger partial charge in [-0.3, -0.25) is 0 Å². The molecule has 0 bridgehead atoms. The highest BCUT2D eigenvalue weighted by atomic mass is 15.1. The van der Waals surface area contributed by atoms with Crippen molar-refractivity contribution in [2.45, 2.75) is 26.7 Å². The van der Waals surface area contributed by atoms with E-state index in [1.807, 2.05) is 0 Å². The van der Waals surface area contributed by atoms with Gasteiger partial charge in [-0.05, 0) is 60.2 Å². The minimum Gasteiger partial charge on any atom is -0.308 e. The maximum Gasteiger partial charge on any atom is 0.0106 e. The standard InChI is InChI=1S/C13H31N3/c1-6-16(7-2)11-9-8-10-15(5)13-12-14(3)4/h6-13H2,1-5H3. The first kappa shape index (κ1) is 15.9. The minimum absolute atomic E-state index is 1.16. The second-order valence-corrected chi connectivity index (χ2v) is 4.84. The molecule has 0 aromatic rings. The fourth-order valence-corrected chi connectivity index (χ4v) is 1.74. The van der Waals surface area contributed by atoms with Crippen LogP contribution in [0, 0.1) is 0 Å². The molecule has 0 rings (SSSR count). The molecule has 3 nitrogen and oxygen atoms in total. The van der Waals surface area contributed by atoms with E-state index >= 15 is 0 Å². The summed E-state index contributed by atoms with van der Waals surface area (Å²) < 4.78 is 0. The summed E-state index contributed by atoms with van der Waals surface area (Å²) in [7, 11) is 6.49. The third kappa shape index (κ3) is 9.13. The van der Waals surface area contributed by atoms with Gasteiger partial charge in [0.25, 0.3) is 0 Å². The fourth-order valence-electron chi connectivity index (χ4n) is 1.74. The molecule has 0 spiro atoms. The van der Waals surface area contributed by atoms with E-state index in [1.54, 1.807) is 0 Å². The van der Waals surface area contributed by atoms with Crippen molar-refractivity contribution in [1.82, 2.24) is 14.7 Å². The molecule has 0 unspecified atom stereocenters. The number of nitrogens with zero attached hydrogens (tertiary/aromatic N) is 3. The van der Waals surface area contributed by atoms with E-state index in [0.717, 1.165) is 6.54 Å². The summed E-state index contributed by atoms with van der Waals surface area (Å²) >= 11 is 0. The lowest BCUT2D eigenvalue weighted by molar-refractivity contribution is 0.259. The summed E-state index contributed by atoms with van der Waals surface area (Å²) in [4.78, 5) is 7.18. The van der Waals surface area contributed by atoms with Gasteiger partial charge in [0.15, 0.2) is 0 Å². The predicted octanol–water partition coefficient (Wildman–Crippen LogP) is 1.60. The zero-order chi connectivity index (χ0) is 12.4. The van der Waals surface area contributed by atoms with Crippen molar-refractivity contribution in [3.63, 3.8) is 0 Å². The largest absolute Gasteiger partial charge is 0.308 e. The molecule has 0 aliphatic carbocycles. The summed E-state index contributed by atoms with van der Waals surface area (Å²) in [5.41, 5.74) is 0. The molecule has 0 aliphatic heterocycles. The molecule has 0 aromatic heterocycles. The van der Waals surface area contributed by atoms with Crippen LogP contribution < -0.4 is 0 Å². The normalized spacial score (nSPS) is 12.0. The topological polar surface area (TPSA) is 9.72 Å². The molecule has 3 heteroatoms. The fraction of sp³-hybridized carbons (Fsp3) is 1.00. The van der Waals surface area contributed by atoms with Gasteiger partial charge in [0.2, 0.25) is 0 Å². The smallest absolute Gasteiger partial charge is 0.0106 e. The lowest BCUT2D eigenvalue weighted by atomic mass is 10.2. The monoisotopic (exact) mass is 229 g/mol. The molecular formula is C13H31N3. The number of likely N-dealkylation sites (N-methyl/N-ethyl adjacent to an activating group) is 2. The van der Waals surface area contributed by atoms with E-state index < -0.39 is 0 Å². The SMILES string of the molecule is CCN(CC)CCCCN(C)CCN(C)C. The van der Waals surface area contributed by atoms with Crippen LogP contribution in [0.25, 0.3) is 0 Å².